The third kappa shape index (κ3) is 19.0. The Morgan fingerprint density at radius 2 is 1.50 bits per heavy atom. The van der Waals surface area contributed by atoms with E-state index in [2.05, 4.69) is 42.2 Å². The highest BCUT2D eigenvalue weighted by Gasteiger charge is 2.47. The summed E-state index contributed by atoms with van der Waals surface area (Å²) in [5.41, 5.74) is 13.1. The van der Waals surface area contributed by atoms with Crippen molar-refractivity contribution in [2.24, 2.45) is 22.7 Å². The number of aliphatic hydroxyl groups excluding tert-OH is 2. The third-order valence-electron chi connectivity index (χ3n) is 13.4. The van der Waals surface area contributed by atoms with Crippen LogP contribution in [0.4, 0.5) is 42.6 Å². The number of Topliss-reactive ketones (excluding diaryl/α,β-unsaturated/α-hetero) is 1. The van der Waals surface area contributed by atoms with Crippen LogP contribution in [0.15, 0.2) is 55.0 Å². The Kier molecular flexibility index (Phi) is 25.4. The number of rotatable bonds is 32. The average Bonchev–Trinajstić information content (AvgIpc) is 1.63. The van der Waals surface area contributed by atoms with Gasteiger partial charge in [0.2, 0.25) is 70.7 Å². The Morgan fingerprint density at radius 3 is 2.12 bits per heavy atom. The van der Waals surface area contributed by atoms with Crippen molar-refractivity contribution in [2.45, 2.75) is 90.0 Å². The number of aliphatic hydroxyl groups is 2. The number of amides is 4. The van der Waals surface area contributed by atoms with Crippen LogP contribution in [0.25, 0.3) is 11.0 Å². The molecule has 1 aliphatic heterocycles. The minimum Gasteiger partial charge on any atom is -0.492 e. The number of nitrogen functional groups attached to an aromatic ring is 1. The van der Waals surface area contributed by atoms with Gasteiger partial charge in [-0.1, -0.05) is 48.9 Å². The first-order valence-corrected chi connectivity index (χ1v) is 29.0. The highest BCUT2D eigenvalue weighted by molar-refractivity contribution is 7.87. The Hall–Kier alpha value is -8.00. The summed E-state index contributed by atoms with van der Waals surface area (Å²) in [6.45, 7) is 4.62. The molecule has 5 aromatic rings. The van der Waals surface area contributed by atoms with Gasteiger partial charge in [-0.15, -0.1) is 0 Å². The number of anilines is 2. The molecule has 1 saturated heterocycles. The number of primary amides is 1. The lowest BCUT2D eigenvalue weighted by molar-refractivity contribution is -0.668. The van der Waals surface area contributed by atoms with Gasteiger partial charge in [-0.25, -0.2) is 36.6 Å². The molecule has 6 atom stereocenters. The number of esters is 1. The number of carbonyl (C=O) groups is 5. The van der Waals surface area contributed by atoms with E-state index in [4.69, 9.17) is 40.3 Å². The molecule has 32 heteroatoms. The number of ether oxygens (including phenoxy) is 6. The fourth-order valence-electron chi connectivity index (χ4n) is 9.03. The summed E-state index contributed by atoms with van der Waals surface area (Å²) in [7, 11) is -4.23. The van der Waals surface area contributed by atoms with Gasteiger partial charge in [0.25, 0.3) is 10.2 Å². The Bertz CT molecular complexity index is 3450. The van der Waals surface area contributed by atoms with Gasteiger partial charge < -0.3 is 66.1 Å². The van der Waals surface area contributed by atoms with Crippen molar-refractivity contribution in [3.8, 4) is 23.3 Å². The number of carbonyl (C=O) groups excluding carboxylic acids is 5. The number of urea groups is 1. The van der Waals surface area contributed by atoms with E-state index < -0.39 is 136 Å². The van der Waals surface area contributed by atoms with Crippen LogP contribution in [0.3, 0.4) is 0 Å². The first-order valence-electron chi connectivity index (χ1n) is 27.4. The van der Waals surface area contributed by atoms with E-state index in [1.54, 1.807) is 55.7 Å². The van der Waals surface area contributed by atoms with Crippen LogP contribution in [0.1, 0.15) is 75.8 Å². The van der Waals surface area contributed by atoms with Crippen molar-refractivity contribution in [1.29, 1.82) is 0 Å². The van der Waals surface area contributed by atoms with Gasteiger partial charge in [0.1, 0.15) is 40.8 Å². The fraction of sp³-hybridized carbons (Fsp3) is 0.446. The molecule has 3 aromatic carbocycles. The quantitative estimate of drug-likeness (QED) is 0.00437. The number of ketones is 1. The summed E-state index contributed by atoms with van der Waals surface area (Å²) in [5.74, 6) is -12.2. The van der Waals surface area contributed by atoms with Crippen molar-refractivity contribution in [1.82, 2.24) is 24.9 Å². The summed E-state index contributed by atoms with van der Waals surface area (Å²) in [6, 6.07) is 9.00. The molecule has 0 unspecified atom stereocenters. The first-order chi connectivity index (χ1) is 41.8. The minimum absolute atomic E-state index is 0.00151. The zero-order valence-electron chi connectivity index (χ0n) is 47.8. The average molecular weight is 1270 g/mol. The third-order valence-corrected chi connectivity index (χ3v) is 13.9. The van der Waals surface area contributed by atoms with E-state index in [9.17, 15) is 64.6 Å². The topological polar surface area (TPSA) is 363 Å². The largest absolute Gasteiger partial charge is 0.492 e. The van der Waals surface area contributed by atoms with Crippen molar-refractivity contribution in [3.05, 3.63) is 107 Å². The summed E-state index contributed by atoms with van der Waals surface area (Å²) >= 11 is 0. The van der Waals surface area contributed by atoms with Crippen molar-refractivity contribution < 1.29 is 102 Å². The maximum Gasteiger partial charge on any atom is 0.313 e. The number of aromatic nitrogens is 3. The predicted octanol–water partition coefficient (Wildman–Crippen LogP) is 2.54. The number of hydrogen-bond donors (Lipinski definition) is 9. The number of halogens is 6. The number of fused-ring (bicyclic) bond motifs is 1. The van der Waals surface area contributed by atoms with E-state index in [1.807, 2.05) is 0 Å². The number of nitrogens with two attached hydrogens (primary N) is 3. The van der Waals surface area contributed by atoms with Crippen molar-refractivity contribution in [3.63, 3.8) is 0 Å². The van der Waals surface area contributed by atoms with Gasteiger partial charge in [-0.3, -0.25) is 19.2 Å². The van der Waals surface area contributed by atoms with Crippen LogP contribution in [-0.4, -0.2) is 141 Å². The van der Waals surface area contributed by atoms with E-state index in [1.165, 1.54) is 29.2 Å². The van der Waals surface area contributed by atoms with Gasteiger partial charge >= 0.3 is 12.0 Å². The standard InChI is InChI=1S/C56H66F6N10O15S/c1-4-85-38-9-5-8-36(57)35(38)15-12-33-28-72(55-50(77)49(76)39(86-55)26-68-88(65,80)81)54-42(33)52(63)67-29-71(54)27-31-10-13-34(14-11-31)69-53(78)32(7-6-18-66-56(64)79)25-37(73)48(30(2)3)70-40(74)16-19-82-21-23-84-24-22-83-20-17-41(75)87-51-46(61)44(59)43(58)45(60)47(51)62/h5,8-11,13-14,28-30,32,39,48-50,55,63,68,76-77H,4,6-7,16-27H2,1-3H3,(H7,64,65,66,69,70,74,78,79,80,81)/p+1/t32-,39-,48+,49-,50-,55-/m1/s1. The van der Waals surface area contributed by atoms with Gasteiger partial charge in [0.05, 0.1) is 77.0 Å². The van der Waals surface area contributed by atoms with E-state index in [0.29, 0.717) is 11.3 Å². The molecule has 25 nitrogen and oxygen atoms in total. The molecule has 6 rings (SSSR count). The predicted molar refractivity (Wildman–Crippen MR) is 299 cm³/mol. The molecule has 88 heavy (non-hydrogen) atoms. The molecule has 0 bridgehead atoms. The smallest absolute Gasteiger partial charge is 0.313 e. The zero-order valence-corrected chi connectivity index (χ0v) is 48.6. The van der Waals surface area contributed by atoms with Crippen molar-refractivity contribution >= 4 is 62.3 Å². The summed E-state index contributed by atoms with van der Waals surface area (Å²) < 4.78 is 143. The minimum atomic E-state index is -4.23. The monoisotopic (exact) mass is 1270 g/mol. The van der Waals surface area contributed by atoms with Crippen LogP contribution < -0.4 is 51.3 Å². The van der Waals surface area contributed by atoms with Crippen LogP contribution in [0.5, 0.6) is 11.5 Å². The molecule has 12 N–H and O–H groups in total. The molecular weight excluding hydrogens is 1200 g/mol. The Morgan fingerprint density at radius 1 is 0.864 bits per heavy atom. The summed E-state index contributed by atoms with van der Waals surface area (Å²) in [5, 5.41) is 35.7. The first kappa shape index (κ1) is 69.1. The lowest BCUT2D eigenvalue weighted by atomic mass is 9.89. The Labute approximate surface area is 500 Å². The molecule has 0 aliphatic carbocycles. The molecule has 2 aromatic heterocycles. The SMILES string of the molecule is CCOc1cccc(F)c1C#Cc1cn([C@@H]2O[C@H](CNS(N)(=O)=O)[C@@H](O)[C@H]2O)c2c1c(N)nc[n+]2Cc1ccc(NC(=O)[C@H](CCCNC(N)=O)CC(=O)[C@@H](NC(=O)CCOCCOCCOCCC(=O)Oc2c(F)c(F)c(F)c(F)c2F)C(C)C)cc1. The fourth-order valence-corrected chi connectivity index (χ4v) is 9.42. The highest BCUT2D eigenvalue weighted by atomic mass is 32.2. The molecule has 4 amide bonds. The molecule has 0 spiro atoms. The normalized spacial score (nSPS) is 16.4. The van der Waals surface area contributed by atoms with Gasteiger partial charge in [0.15, 0.2) is 5.78 Å². The van der Waals surface area contributed by atoms with Gasteiger partial charge in [0, 0.05) is 37.5 Å². The molecule has 3 heterocycles. The lowest BCUT2D eigenvalue weighted by Crippen LogP contribution is -2.45. The van der Waals surface area contributed by atoms with Crippen molar-refractivity contribution in [2.75, 3.05) is 70.4 Å². The highest BCUT2D eigenvalue weighted by Crippen LogP contribution is 2.35. The second kappa shape index (κ2) is 32.3. The van der Waals surface area contributed by atoms with E-state index in [0.717, 1.165) is 0 Å². The summed E-state index contributed by atoms with van der Waals surface area (Å²) in [4.78, 5) is 68.7. The second-order valence-electron chi connectivity index (χ2n) is 20.1. The van der Waals surface area contributed by atoms with Gasteiger partial charge in [-0.2, -0.15) is 21.9 Å². The number of nitrogens with zero attached hydrogens (tertiary/aromatic N) is 3. The molecule has 1 fully saturated rings. The molecule has 0 radical (unpaired) electrons. The van der Waals surface area contributed by atoms with E-state index in [-0.39, 0.29) is 119 Å². The van der Waals surface area contributed by atoms with E-state index >= 15 is 4.39 Å². The van der Waals surface area contributed by atoms with Crippen LogP contribution in [0.2, 0.25) is 0 Å². The number of nitrogens with one attached hydrogen (secondary N) is 4. The molecule has 0 saturated carbocycles. The molecule has 1 aliphatic rings. The molecular formula is C56H67F6N10O15S+. The maximum absolute atomic E-state index is 15.2. The summed E-state index contributed by atoms with van der Waals surface area (Å²) in [6.07, 6.45) is -3.72. The number of hydrogen-bond acceptors (Lipinski definition) is 17. The second-order valence-corrected chi connectivity index (χ2v) is 21.5. The van der Waals surface area contributed by atoms with Crippen LogP contribution in [0, 0.1) is 58.6 Å². The lowest BCUT2D eigenvalue weighted by Gasteiger charge is -2.24. The Balaban J connectivity index is 1.06. The zero-order chi connectivity index (χ0) is 64.4. The van der Waals surface area contributed by atoms with Gasteiger partial charge in [-0.05, 0) is 55.5 Å². The number of benzene rings is 3. The maximum atomic E-state index is 15.2. The molecule has 478 valence electrons. The van der Waals surface area contributed by atoms with Crippen LogP contribution >= 0.6 is 0 Å². The van der Waals surface area contributed by atoms with Crippen LogP contribution in [-0.2, 0) is 54.9 Å².